The van der Waals surface area contributed by atoms with Crippen LogP contribution in [0.4, 0.5) is 0 Å². The second-order valence-corrected chi connectivity index (χ2v) is 5.31. The second kappa shape index (κ2) is 4.93. The van der Waals surface area contributed by atoms with Crippen LogP contribution in [-0.4, -0.2) is 16.7 Å². The molecule has 2 aromatic carbocycles. The standard InChI is InChI=1S/C15H9Cl2NO2/c16-12-6-10-11(7-13(12)17)15(20)18(14(10)19)8-9-4-2-1-3-5-9/h1-7H,8H2. The predicted octanol–water partition coefficient (Wildman–Crippen LogP) is 3.79. The van der Waals surface area contributed by atoms with Gasteiger partial charge in [0.15, 0.2) is 0 Å². The molecular weight excluding hydrogens is 297 g/mol. The first-order valence-corrected chi connectivity index (χ1v) is 6.72. The molecule has 3 rings (SSSR count). The van der Waals surface area contributed by atoms with Gasteiger partial charge in [-0.1, -0.05) is 53.5 Å². The van der Waals surface area contributed by atoms with Gasteiger partial charge in [-0.25, -0.2) is 0 Å². The van der Waals surface area contributed by atoms with Gasteiger partial charge in [-0.15, -0.1) is 0 Å². The van der Waals surface area contributed by atoms with Gasteiger partial charge in [-0.2, -0.15) is 0 Å². The van der Waals surface area contributed by atoms with Crippen LogP contribution in [0.3, 0.4) is 0 Å². The Kier molecular flexibility index (Phi) is 3.24. The van der Waals surface area contributed by atoms with Gasteiger partial charge < -0.3 is 0 Å². The minimum absolute atomic E-state index is 0.239. The summed E-state index contributed by atoms with van der Waals surface area (Å²) in [7, 11) is 0. The van der Waals surface area contributed by atoms with Gasteiger partial charge in [0.1, 0.15) is 0 Å². The minimum atomic E-state index is -0.340. The van der Waals surface area contributed by atoms with Crippen molar-refractivity contribution in [3.05, 3.63) is 69.2 Å². The molecule has 3 nitrogen and oxygen atoms in total. The number of nitrogens with zero attached hydrogens (tertiary/aromatic N) is 1. The summed E-state index contributed by atoms with van der Waals surface area (Å²) in [6, 6.07) is 12.2. The highest BCUT2D eigenvalue weighted by atomic mass is 35.5. The molecule has 2 amide bonds. The van der Waals surface area contributed by atoms with E-state index in [9.17, 15) is 9.59 Å². The molecule has 0 atom stereocenters. The summed E-state index contributed by atoms with van der Waals surface area (Å²) in [6.07, 6.45) is 0. The van der Waals surface area contributed by atoms with Crippen molar-refractivity contribution in [3.63, 3.8) is 0 Å². The van der Waals surface area contributed by atoms with Crippen molar-refractivity contribution >= 4 is 35.0 Å². The second-order valence-electron chi connectivity index (χ2n) is 4.49. The number of rotatable bonds is 2. The lowest BCUT2D eigenvalue weighted by molar-refractivity contribution is 0.0642. The monoisotopic (exact) mass is 305 g/mol. The zero-order valence-electron chi connectivity index (χ0n) is 10.3. The van der Waals surface area contributed by atoms with E-state index in [1.165, 1.54) is 17.0 Å². The Morgan fingerprint density at radius 1 is 0.850 bits per heavy atom. The van der Waals surface area contributed by atoms with E-state index < -0.39 is 0 Å². The first-order valence-electron chi connectivity index (χ1n) is 5.97. The van der Waals surface area contributed by atoms with Crippen LogP contribution in [0.2, 0.25) is 10.0 Å². The molecule has 0 fully saturated rings. The van der Waals surface area contributed by atoms with Crippen LogP contribution in [0.15, 0.2) is 42.5 Å². The molecule has 0 N–H and O–H groups in total. The molecule has 0 bridgehead atoms. The maximum atomic E-state index is 12.3. The van der Waals surface area contributed by atoms with Gasteiger partial charge in [0.2, 0.25) is 0 Å². The Labute approximate surface area is 125 Å². The number of halogens is 2. The molecule has 0 unspecified atom stereocenters. The minimum Gasteiger partial charge on any atom is -0.270 e. The van der Waals surface area contributed by atoms with Crippen LogP contribution in [0.5, 0.6) is 0 Å². The quantitative estimate of drug-likeness (QED) is 0.792. The topological polar surface area (TPSA) is 37.4 Å². The first-order chi connectivity index (χ1) is 9.58. The molecule has 1 aliphatic heterocycles. The predicted molar refractivity (Wildman–Crippen MR) is 77.1 cm³/mol. The number of carbonyl (C=O) groups excluding carboxylic acids is 2. The van der Waals surface area contributed by atoms with Gasteiger partial charge in [0.25, 0.3) is 11.8 Å². The number of fused-ring (bicyclic) bond motifs is 1. The molecule has 0 spiro atoms. The first kappa shape index (κ1) is 13.2. The summed E-state index contributed by atoms with van der Waals surface area (Å²) in [6.45, 7) is 0.239. The van der Waals surface area contributed by atoms with Crippen molar-refractivity contribution in [2.45, 2.75) is 6.54 Å². The van der Waals surface area contributed by atoms with E-state index in [1.807, 2.05) is 30.3 Å². The zero-order valence-corrected chi connectivity index (χ0v) is 11.8. The van der Waals surface area contributed by atoms with Crippen molar-refractivity contribution in [1.29, 1.82) is 0 Å². The molecule has 0 aliphatic carbocycles. The molecule has 0 saturated carbocycles. The van der Waals surface area contributed by atoms with Crippen molar-refractivity contribution < 1.29 is 9.59 Å². The number of imide groups is 1. The average molecular weight is 306 g/mol. The summed E-state index contributed by atoms with van der Waals surface area (Å²) >= 11 is 11.8. The van der Waals surface area contributed by atoms with Crippen molar-refractivity contribution in [3.8, 4) is 0 Å². The van der Waals surface area contributed by atoms with E-state index in [0.717, 1.165) is 5.56 Å². The average Bonchev–Trinajstić information content (AvgIpc) is 2.66. The smallest absolute Gasteiger partial charge is 0.261 e. The molecule has 0 aromatic heterocycles. The Morgan fingerprint density at radius 3 is 1.85 bits per heavy atom. The molecule has 0 radical (unpaired) electrons. The van der Waals surface area contributed by atoms with Crippen LogP contribution >= 0.6 is 23.2 Å². The summed E-state index contributed by atoms with van der Waals surface area (Å²) in [4.78, 5) is 25.8. The molecule has 100 valence electrons. The number of hydrogen-bond acceptors (Lipinski definition) is 2. The van der Waals surface area contributed by atoms with Gasteiger partial charge in [-0.05, 0) is 17.7 Å². The van der Waals surface area contributed by atoms with E-state index in [2.05, 4.69) is 0 Å². The molecule has 2 aromatic rings. The van der Waals surface area contributed by atoms with E-state index in [4.69, 9.17) is 23.2 Å². The molecule has 1 heterocycles. The molecule has 1 aliphatic rings. The zero-order chi connectivity index (χ0) is 14.3. The Morgan fingerprint density at radius 2 is 1.35 bits per heavy atom. The van der Waals surface area contributed by atoms with Crippen LogP contribution in [0, 0.1) is 0 Å². The molecule has 5 heteroatoms. The Bertz CT molecular complexity index is 672. The lowest BCUT2D eigenvalue weighted by Gasteiger charge is -2.13. The maximum absolute atomic E-state index is 12.3. The third-order valence-electron chi connectivity index (χ3n) is 3.20. The number of benzene rings is 2. The van der Waals surface area contributed by atoms with Gasteiger partial charge >= 0.3 is 0 Å². The van der Waals surface area contributed by atoms with E-state index in [0.29, 0.717) is 11.1 Å². The van der Waals surface area contributed by atoms with Gasteiger partial charge in [0, 0.05) is 0 Å². The number of amides is 2. The van der Waals surface area contributed by atoms with E-state index >= 15 is 0 Å². The van der Waals surface area contributed by atoms with Crippen molar-refractivity contribution in [2.24, 2.45) is 0 Å². The highest BCUT2D eigenvalue weighted by molar-refractivity contribution is 6.43. The highest BCUT2D eigenvalue weighted by Crippen LogP contribution is 2.32. The fourth-order valence-corrected chi connectivity index (χ4v) is 2.52. The highest BCUT2D eigenvalue weighted by Gasteiger charge is 2.36. The largest absolute Gasteiger partial charge is 0.270 e. The maximum Gasteiger partial charge on any atom is 0.261 e. The van der Waals surface area contributed by atoms with Gasteiger partial charge in [0.05, 0.1) is 27.7 Å². The van der Waals surface area contributed by atoms with Crippen molar-refractivity contribution in [2.75, 3.05) is 0 Å². The molecular formula is C15H9Cl2NO2. The Hall–Kier alpha value is -1.84. The lowest BCUT2D eigenvalue weighted by atomic mass is 10.1. The SMILES string of the molecule is O=C1c2cc(Cl)c(Cl)cc2C(=O)N1Cc1ccccc1. The summed E-state index contributed by atoms with van der Waals surface area (Å²) in [5, 5.41) is 0.543. The van der Waals surface area contributed by atoms with Crippen LogP contribution in [-0.2, 0) is 6.54 Å². The molecule has 0 saturated heterocycles. The number of hydrogen-bond donors (Lipinski definition) is 0. The molecule has 20 heavy (non-hydrogen) atoms. The van der Waals surface area contributed by atoms with Gasteiger partial charge in [-0.3, -0.25) is 14.5 Å². The normalized spacial score (nSPS) is 13.8. The van der Waals surface area contributed by atoms with Crippen LogP contribution in [0.1, 0.15) is 26.3 Å². The van der Waals surface area contributed by atoms with E-state index in [-0.39, 0.29) is 28.4 Å². The van der Waals surface area contributed by atoms with Crippen LogP contribution < -0.4 is 0 Å². The fourth-order valence-electron chi connectivity index (χ4n) is 2.19. The third kappa shape index (κ3) is 2.09. The lowest BCUT2D eigenvalue weighted by Crippen LogP contribution is -2.29. The summed E-state index contributed by atoms with van der Waals surface area (Å²) in [5.74, 6) is -0.681. The Balaban J connectivity index is 1.97. The number of carbonyl (C=O) groups is 2. The third-order valence-corrected chi connectivity index (χ3v) is 3.92. The van der Waals surface area contributed by atoms with Crippen molar-refractivity contribution in [1.82, 2.24) is 4.90 Å². The summed E-state index contributed by atoms with van der Waals surface area (Å²) in [5.41, 5.74) is 1.50. The van der Waals surface area contributed by atoms with E-state index in [1.54, 1.807) is 0 Å². The van der Waals surface area contributed by atoms with Crippen LogP contribution in [0.25, 0.3) is 0 Å². The summed E-state index contributed by atoms with van der Waals surface area (Å²) < 4.78 is 0. The fraction of sp³-hybridized carbons (Fsp3) is 0.0667.